The Bertz CT molecular complexity index is 1050. The highest BCUT2D eigenvalue weighted by Crippen LogP contribution is 2.06. The predicted molar refractivity (Wildman–Crippen MR) is 97.7 cm³/mol. The molecule has 0 unspecified atom stereocenters. The van der Waals surface area contributed by atoms with Crippen LogP contribution in [0.25, 0.3) is 10.8 Å². The molecular formula is C18H21N5O3. The first-order valence-corrected chi connectivity index (χ1v) is 8.46. The average Bonchev–Trinajstić information content (AvgIpc) is 3.04. The second-order valence-corrected chi connectivity index (χ2v) is 6.22. The van der Waals surface area contributed by atoms with Gasteiger partial charge in [-0.15, -0.1) is 0 Å². The van der Waals surface area contributed by atoms with Crippen LogP contribution in [0, 0.1) is 0 Å². The Morgan fingerprint density at radius 1 is 1.23 bits per heavy atom. The SMILES string of the molecule is CCCN(Cc1cnn(C)c1)C(=O)Cn1[nH]c(=O)c2ccccc2c1=O. The number of benzene rings is 1. The number of rotatable bonds is 6. The summed E-state index contributed by atoms with van der Waals surface area (Å²) >= 11 is 0. The molecule has 2 aromatic heterocycles. The van der Waals surface area contributed by atoms with Crippen LogP contribution in [-0.2, 0) is 24.9 Å². The second-order valence-electron chi connectivity index (χ2n) is 6.22. The van der Waals surface area contributed by atoms with Crippen molar-refractivity contribution in [2.24, 2.45) is 7.05 Å². The zero-order valence-corrected chi connectivity index (χ0v) is 14.8. The third-order valence-electron chi connectivity index (χ3n) is 4.16. The third-order valence-corrected chi connectivity index (χ3v) is 4.16. The number of hydrogen-bond donors (Lipinski definition) is 1. The maximum Gasteiger partial charge on any atom is 0.273 e. The van der Waals surface area contributed by atoms with Gasteiger partial charge in [0.05, 0.1) is 17.0 Å². The van der Waals surface area contributed by atoms with E-state index in [1.807, 2.05) is 20.2 Å². The van der Waals surface area contributed by atoms with Crippen molar-refractivity contribution in [2.45, 2.75) is 26.4 Å². The van der Waals surface area contributed by atoms with Gasteiger partial charge in [0.2, 0.25) is 5.91 Å². The Labute approximate surface area is 149 Å². The molecule has 1 aromatic carbocycles. The molecule has 2 heterocycles. The molecular weight excluding hydrogens is 334 g/mol. The normalized spacial score (nSPS) is 11.0. The van der Waals surface area contributed by atoms with E-state index in [2.05, 4.69) is 10.2 Å². The Balaban J connectivity index is 1.87. The van der Waals surface area contributed by atoms with Gasteiger partial charge in [-0.1, -0.05) is 19.1 Å². The fourth-order valence-corrected chi connectivity index (χ4v) is 2.93. The molecule has 0 spiro atoms. The fraction of sp³-hybridized carbons (Fsp3) is 0.333. The van der Waals surface area contributed by atoms with E-state index in [1.54, 1.807) is 40.0 Å². The highest BCUT2D eigenvalue weighted by Gasteiger charge is 2.17. The van der Waals surface area contributed by atoms with Crippen molar-refractivity contribution < 1.29 is 4.79 Å². The van der Waals surface area contributed by atoms with Gasteiger partial charge in [0.1, 0.15) is 6.54 Å². The summed E-state index contributed by atoms with van der Waals surface area (Å²) in [6, 6.07) is 6.57. The lowest BCUT2D eigenvalue weighted by Gasteiger charge is -2.22. The van der Waals surface area contributed by atoms with E-state index in [0.717, 1.165) is 16.7 Å². The third kappa shape index (κ3) is 3.58. The topological polar surface area (TPSA) is 93.0 Å². The van der Waals surface area contributed by atoms with E-state index in [4.69, 9.17) is 0 Å². The van der Waals surface area contributed by atoms with Gasteiger partial charge in [0.15, 0.2) is 0 Å². The van der Waals surface area contributed by atoms with Gasteiger partial charge >= 0.3 is 0 Å². The van der Waals surface area contributed by atoms with Crippen molar-refractivity contribution in [3.63, 3.8) is 0 Å². The lowest BCUT2D eigenvalue weighted by Crippen LogP contribution is -2.39. The van der Waals surface area contributed by atoms with Crippen molar-refractivity contribution in [1.82, 2.24) is 24.5 Å². The number of fused-ring (bicyclic) bond motifs is 1. The van der Waals surface area contributed by atoms with Crippen molar-refractivity contribution in [3.8, 4) is 0 Å². The van der Waals surface area contributed by atoms with Crippen LogP contribution in [0.2, 0.25) is 0 Å². The summed E-state index contributed by atoms with van der Waals surface area (Å²) in [7, 11) is 1.81. The minimum absolute atomic E-state index is 0.209. The van der Waals surface area contributed by atoms with Crippen molar-refractivity contribution in [3.05, 3.63) is 62.9 Å². The molecule has 0 atom stereocenters. The minimum atomic E-state index is -0.387. The number of aromatic nitrogens is 4. The summed E-state index contributed by atoms with van der Waals surface area (Å²) in [5.41, 5.74) is 0.141. The minimum Gasteiger partial charge on any atom is -0.337 e. The number of carbonyl (C=O) groups excluding carboxylic acids is 1. The van der Waals surface area contributed by atoms with Crippen LogP contribution in [0.5, 0.6) is 0 Å². The summed E-state index contributed by atoms with van der Waals surface area (Å²) < 4.78 is 2.76. The molecule has 136 valence electrons. The van der Waals surface area contributed by atoms with Crippen LogP contribution >= 0.6 is 0 Å². The van der Waals surface area contributed by atoms with E-state index < -0.39 is 0 Å². The lowest BCUT2D eigenvalue weighted by atomic mass is 10.2. The van der Waals surface area contributed by atoms with Gasteiger partial charge in [-0.05, 0) is 18.6 Å². The predicted octanol–water partition coefficient (Wildman–Crippen LogP) is 0.862. The number of nitrogens with one attached hydrogen (secondary N) is 1. The maximum atomic E-state index is 12.7. The van der Waals surface area contributed by atoms with E-state index in [1.165, 1.54) is 0 Å². The molecule has 0 saturated heterocycles. The van der Waals surface area contributed by atoms with E-state index in [-0.39, 0.29) is 23.6 Å². The van der Waals surface area contributed by atoms with Crippen molar-refractivity contribution >= 4 is 16.7 Å². The Morgan fingerprint density at radius 3 is 2.62 bits per heavy atom. The fourth-order valence-electron chi connectivity index (χ4n) is 2.93. The molecule has 8 nitrogen and oxygen atoms in total. The Morgan fingerprint density at radius 2 is 1.96 bits per heavy atom. The molecule has 8 heteroatoms. The molecule has 1 N–H and O–H groups in total. The monoisotopic (exact) mass is 355 g/mol. The van der Waals surface area contributed by atoms with Gasteiger partial charge in [0, 0.05) is 31.9 Å². The largest absolute Gasteiger partial charge is 0.337 e. The van der Waals surface area contributed by atoms with Gasteiger partial charge in [-0.3, -0.25) is 24.2 Å². The van der Waals surface area contributed by atoms with Crippen LogP contribution < -0.4 is 11.1 Å². The van der Waals surface area contributed by atoms with Gasteiger partial charge in [-0.25, -0.2) is 4.68 Å². The molecule has 3 rings (SSSR count). The van der Waals surface area contributed by atoms with E-state index in [9.17, 15) is 14.4 Å². The molecule has 1 amide bonds. The van der Waals surface area contributed by atoms with Crippen LogP contribution in [0.3, 0.4) is 0 Å². The smallest absolute Gasteiger partial charge is 0.273 e. The number of aryl methyl sites for hydroxylation is 1. The summed E-state index contributed by atoms with van der Waals surface area (Å²) in [6.07, 6.45) is 4.34. The number of nitrogens with zero attached hydrogens (tertiary/aromatic N) is 4. The molecule has 0 aliphatic carbocycles. The molecule has 26 heavy (non-hydrogen) atoms. The standard InChI is InChI=1S/C18H21N5O3/c1-3-8-22(11-13-9-19-21(2)10-13)16(24)12-23-18(26)15-7-5-4-6-14(15)17(25)20-23/h4-7,9-10H,3,8,11-12H2,1-2H3,(H,20,25). The van der Waals surface area contributed by atoms with Crippen LogP contribution in [0.1, 0.15) is 18.9 Å². The number of aromatic amines is 1. The molecule has 3 aromatic rings. The maximum absolute atomic E-state index is 12.7. The van der Waals surface area contributed by atoms with Crippen LogP contribution in [-0.4, -0.2) is 36.9 Å². The van der Waals surface area contributed by atoms with Crippen LogP contribution in [0.4, 0.5) is 0 Å². The zero-order chi connectivity index (χ0) is 18.7. The summed E-state index contributed by atoms with van der Waals surface area (Å²) in [5.74, 6) is -0.233. The molecule has 0 aliphatic heterocycles. The summed E-state index contributed by atoms with van der Waals surface area (Å²) in [6.45, 7) is 2.74. The molecule has 0 radical (unpaired) electrons. The molecule has 0 fully saturated rings. The molecule has 0 aliphatic rings. The Hall–Kier alpha value is -3.16. The number of hydrogen-bond acceptors (Lipinski definition) is 4. The number of carbonyl (C=O) groups is 1. The van der Waals surface area contributed by atoms with Gasteiger partial charge in [-0.2, -0.15) is 5.10 Å². The van der Waals surface area contributed by atoms with Crippen molar-refractivity contribution in [2.75, 3.05) is 6.54 Å². The zero-order valence-electron chi connectivity index (χ0n) is 14.8. The summed E-state index contributed by atoms with van der Waals surface area (Å²) in [4.78, 5) is 39.1. The highest BCUT2D eigenvalue weighted by atomic mass is 16.2. The van der Waals surface area contributed by atoms with Gasteiger partial charge < -0.3 is 4.90 Å². The Kier molecular flexibility index (Phi) is 5.01. The number of H-pyrrole nitrogens is 1. The van der Waals surface area contributed by atoms with Crippen LogP contribution in [0.15, 0.2) is 46.2 Å². The summed E-state index contributed by atoms with van der Waals surface area (Å²) in [5, 5.41) is 7.23. The number of amides is 1. The van der Waals surface area contributed by atoms with Gasteiger partial charge in [0.25, 0.3) is 11.1 Å². The van der Waals surface area contributed by atoms with E-state index >= 15 is 0 Å². The first kappa shape index (κ1) is 17.7. The average molecular weight is 355 g/mol. The highest BCUT2D eigenvalue weighted by molar-refractivity contribution is 5.81. The molecule has 0 saturated carbocycles. The second kappa shape index (κ2) is 7.38. The van der Waals surface area contributed by atoms with Crippen molar-refractivity contribution in [1.29, 1.82) is 0 Å². The first-order valence-electron chi connectivity index (χ1n) is 8.46. The molecule has 0 bridgehead atoms. The lowest BCUT2D eigenvalue weighted by molar-refractivity contribution is -0.132. The first-order chi connectivity index (χ1) is 12.5. The quantitative estimate of drug-likeness (QED) is 0.710. The van der Waals surface area contributed by atoms with E-state index in [0.29, 0.717) is 23.9 Å².